The summed E-state index contributed by atoms with van der Waals surface area (Å²) in [6.45, 7) is 3.91. The molecule has 0 aliphatic carbocycles. The first-order valence-electron chi connectivity index (χ1n) is 9.36. The van der Waals surface area contributed by atoms with E-state index >= 15 is 0 Å². The maximum absolute atomic E-state index is 13.6. The number of aryl methyl sites for hydroxylation is 1. The number of aliphatic carboxylic acids is 1. The Hall–Kier alpha value is -1.60. The predicted molar refractivity (Wildman–Crippen MR) is 101 cm³/mol. The average Bonchev–Trinajstić information content (AvgIpc) is 2.61. The molecule has 1 aromatic rings. The molecular weight excluding hydrogens is 395 g/mol. The van der Waals surface area contributed by atoms with Crippen LogP contribution in [0.4, 0.5) is 13.2 Å². The molecule has 0 amide bonds. The van der Waals surface area contributed by atoms with Gasteiger partial charge in [-0.2, -0.15) is 13.2 Å². The van der Waals surface area contributed by atoms with Crippen LogP contribution < -0.4 is 0 Å². The number of nitrogens with zero attached hydrogens (tertiary/aromatic N) is 1. The van der Waals surface area contributed by atoms with Crippen molar-refractivity contribution in [1.82, 2.24) is 4.90 Å². The number of Topliss-reactive ketones (excluding diaryl/α,β-unsaturated/α-hetero) is 1. The minimum Gasteiger partial charge on any atom is -0.481 e. The van der Waals surface area contributed by atoms with E-state index in [1.165, 1.54) is 18.2 Å². The molecule has 8 heteroatoms. The minimum atomic E-state index is -4.52. The summed E-state index contributed by atoms with van der Waals surface area (Å²) in [6, 6.07) is 3.03. The van der Waals surface area contributed by atoms with Crippen molar-refractivity contribution < 1.29 is 27.9 Å². The Morgan fingerprint density at radius 3 is 2.43 bits per heavy atom. The lowest BCUT2D eigenvalue weighted by Gasteiger charge is -2.39. The van der Waals surface area contributed by atoms with E-state index in [-0.39, 0.29) is 23.4 Å². The molecular formula is C20H25ClF3NO3. The van der Waals surface area contributed by atoms with E-state index in [1.807, 2.05) is 6.92 Å². The first-order valence-corrected chi connectivity index (χ1v) is 9.73. The lowest BCUT2D eigenvalue weighted by Crippen LogP contribution is -2.52. The number of hydrogen-bond acceptors (Lipinski definition) is 3. The molecule has 0 radical (unpaired) electrons. The number of carboxylic acid groups (broad SMARTS) is 1. The van der Waals surface area contributed by atoms with E-state index in [0.717, 1.165) is 19.8 Å². The van der Waals surface area contributed by atoms with E-state index in [2.05, 4.69) is 0 Å². The highest BCUT2D eigenvalue weighted by Gasteiger charge is 2.47. The smallest absolute Gasteiger partial charge is 0.393 e. The zero-order chi connectivity index (χ0) is 21.1. The van der Waals surface area contributed by atoms with Gasteiger partial charge in [-0.25, -0.2) is 0 Å². The lowest BCUT2D eigenvalue weighted by atomic mass is 9.86. The molecule has 1 heterocycles. The summed E-state index contributed by atoms with van der Waals surface area (Å²) in [5, 5.41) is 9.15. The number of halogens is 4. The molecule has 1 fully saturated rings. The summed E-state index contributed by atoms with van der Waals surface area (Å²) in [5.74, 6) is -3.13. The van der Waals surface area contributed by atoms with Gasteiger partial charge in [0, 0.05) is 17.0 Å². The second-order valence-electron chi connectivity index (χ2n) is 7.55. The fourth-order valence-corrected chi connectivity index (χ4v) is 3.76. The summed E-state index contributed by atoms with van der Waals surface area (Å²) in [6.07, 6.45) is -3.23. The van der Waals surface area contributed by atoms with Crippen LogP contribution in [-0.4, -0.2) is 47.1 Å². The second-order valence-corrected chi connectivity index (χ2v) is 7.99. The maximum Gasteiger partial charge on any atom is 0.393 e. The van der Waals surface area contributed by atoms with Crippen molar-refractivity contribution in [3.63, 3.8) is 0 Å². The quantitative estimate of drug-likeness (QED) is 0.642. The van der Waals surface area contributed by atoms with Gasteiger partial charge in [-0.1, -0.05) is 31.5 Å². The standard InChI is InChI=1S/C20H25ClF3NO3/c1-12-7-9-25(10-8-12)18(13(2)20(22,23)24)19(28)16-11-15(21)5-3-14(16)4-6-17(26)27/h3,5,11-13,18H,4,6-10H2,1-2H3,(H,26,27)/t13-,18-/m1/s1. The highest BCUT2D eigenvalue weighted by molar-refractivity contribution is 6.31. The van der Waals surface area contributed by atoms with Crippen LogP contribution in [0.25, 0.3) is 0 Å². The lowest BCUT2D eigenvalue weighted by molar-refractivity contribution is -0.182. The van der Waals surface area contributed by atoms with Gasteiger partial charge in [0.05, 0.1) is 12.0 Å². The van der Waals surface area contributed by atoms with E-state index in [0.29, 0.717) is 24.6 Å². The van der Waals surface area contributed by atoms with Crippen LogP contribution in [0.15, 0.2) is 18.2 Å². The normalized spacial score (nSPS) is 18.6. The Balaban J connectivity index is 2.41. The Kier molecular flexibility index (Phi) is 7.51. The Labute approximate surface area is 167 Å². The highest BCUT2D eigenvalue weighted by Crippen LogP contribution is 2.35. The van der Waals surface area contributed by atoms with Crippen LogP contribution in [0.5, 0.6) is 0 Å². The number of carbonyl (C=O) groups is 2. The number of rotatable bonds is 7. The van der Waals surface area contributed by atoms with E-state index in [4.69, 9.17) is 16.7 Å². The largest absolute Gasteiger partial charge is 0.481 e. The van der Waals surface area contributed by atoms with Gasteiger partial charge in [-0.05, 0) is 56.0 Å². The number of hydrogen-bond donors (Lipinski definition) is 1. The third kappa shape index (κ3) is 5.70. The molecule has 4 nitrogen and oxygen atoms in total. The molecule has 1 saturated heterocycles. The van der Waals surface area contributed by atoms with Gasteiger partial charge < -0.3 is 5.11 Å². The fourth-order valence-electron chi connectivity index (χ4n) is 3.59. The van der Waals surface area contributed by atoms with Crippen LogP contribution >= 0.6 is 11.6 Å². The molecule has 0 spiro atoms. The average molecular weight is 420 g/mol. The molecule has 0 unspecified atom stereocenters. The molecule has 0 bridgehead atoms. The fraction of sp³-hybridized carbons (Fsp3) is 0.600. The number of carboxylic acids is 1. The van der Waals surface area contributed by atoms with E-state index < -0.39 is 29.9 Å². The van der Waals surface area contributed by atoms with Crippen LogP contribution in [0.2, 0.25) is 5.02 Å². The summed E-state index contributed by atoms with van der Waals surface area (Å²) in [4.78, 5) is 25.8. The number of likely N-dealkylation sites (tertiary alicyclic amines) is 1. The summed E-state index contributed by atoms with van der Waals surface area (Å²) in [7, 11) is 0. The highest BCUT2D eigenvalue weighted by atomic mass is 35.5. The number of benzene rings is 1. The van der Waals surface area contributed by atoms with Gasteiger partial charge >= 0.3 is 12.1 Å². The SMILES string of the molecule is CC1CCN([C@@H](C(=O)c2cc(Cl)ccc2CCC(=O)O)[C@@H](C)C(F)(F)F)CC1. The monoisotopic (exact) mass is 419 g/mol. The van der Waals surface area contributed by atoms with Crippen molar-refractivity contribution in [3.05, 3.63) is 34.3 Å². The third-order valence-corrected chi connectivity index (χ3v) is 5.65. The molecule has 0 saturated carbocycles. The number of ketones is 1. The van der Waals surface area contributed by atoms with E-state index in [1.54, 1.807) is 4.90 Å². The Morgan fingerprint density at radius 2 is 1.89 bits per heavy atom. The van der Waals surface area contributed by atoms with Crippen molar-refractivity contribution in [2.24, 2.45) is 11.8 Å². The first kappa shape index (κ1) is 22.7. The van der Waals surface area contributed by atoms with Gasteiger partial charge in [-0.15, -0.1) is 0 Å². The summed E-state index contributed by atoms with van der Waals surface area (Å²) < 4.78 is 40.7. The number of piperidine rings is 1. The number of alkyl halides is 3. The zero-order valence-corrected chi connectivity index (χ0v) is 16.7. The summed E-state index contributed by atoms with van der Waals surface area (Å²) in [5.41, 5.74) is 0.482. The summed E-state index contributed by atoms with van der Waals surface area (Å²) >= 11 is 6.00. The zero-order valence-electron chi connectivity index (χ0n) is 15.9. The first-order chi connectivity index (χ1) is 13.0. The van der Waals surface area contributed by atoms with Gasteiger partial charge in [0.1, 0.15) is 0 Å². The molecule has 2 rings (SSSR count). The third-order valence-electron chi connectivity index (χ3n) is 5.42. The van der Waals surface area contributed by atoms with Crippen LogP contribution in [0.3, 0.4) is 0 Å². The van der Waals surface area contributed by atoms with Gasteiger partial charge in [0.25, 0.3) is 0 Å². The van der Waals surface area contributed by atoms with Crippen LogP contribution in [-0.2, 0) is 11.2 Å². The van der Waals surface area contributed by atoms with Crippen molar-refractivity contribution in [2.45, 2.75) is 51.7 Å². The maximum atomic E-state index is 13.6. The van der Waals surface area contributed by atoms with Crippen LogP contribution in [0.1, 0.15) is 49.0 Å². The van der Waals surface area contributed by atoms with Gasteiger partial charge in [0.2, 0.25) is 0 Å². The molecule has 28 heavy (non-hydrogen) atoms. The molecule has 1 aliphatic rings. The number of carbonyl (C=O) groups excluding carboxylic acids is 1. The topological polar surface area (TPSA) is 57.6 Å². The predicted octanol–water partition coefficient (Wildman–Crippen LogP) is 4.84. The molecule has 1 aromatic carbocycles. The second kappa shape index (κ2) is 9.27. The Bertz CT molecular complexity index is 715. The van der Waals surface area contributed by atoms with Gasteiger partial charge in [0.15, 0.2) is 5.78 Å². The van der Waals surface area contributed by atoms with Crippen molar-refractivity contribution in [3.8, 4) is 0 Å². The van der Waals surface area contributed by atoms with Gasteiger partial charge in [-0.3, -0.25) is 14.5 Å². The molecule has 0 aromatic heterocycles. The Morgan fingerprint density at radius 1 is 1.29 bits per heavy atom. The van der Waals surface area contributed by atoms with Crippen LogP contribution in [0, 0.1) is 11.8 Å². The molecule has 156 valence electrons. The van der Waals surface area contributed by atoms with E-state index in [9.17, 15) is 22.8 Å². The molecule has 1 aliphatic heterocycles. The molecule has 1 N–H and O–H groups in total. The molecule has 2 atom stereocenters. The van der Waals surface area contributed by atoms with Crippen molar-refractivity contribution >= 4 is 23.4 Å². The van der Waals surface area contributed by atoms with Crippen molar-refractivity contribution in [2.75, 3.05) is 13.1 Å². The minimum absolute atomic E-state index is 0.0533. The van der Waals surface area contributed by atoms with Crippen molar-refractivity contribution in [1.29, 1.82) is 0 Å².